The Morgan fingerprint density at radius 2 is 1.33 bits per heavy atom. The van der Waals surface area contributed by atoms with Gasteiger partial charge in [-0.1, -0.05) is 12.2 Å². The van der Waals surface area contributed by atoms with E-state index in [-0.39, 0.29) is 35.6 Å². The van der Waals surface area contributed by atoms with Gasteiger partial charge < -0.3 is 20.1 Å². The molecule has 4 amide bonds. The predicted molar refractivity (Wildman–Crippen MR) is 165 cm³/mol. The van der Waals surface area contributed by atoms with Crippen LogP contribution in [0.1, 0.15) is 57.8 Å². The van der Waals surface area contributed by atoms with E-state index in [4.69, 9.17) is 33.9 Å². The highest BCUT2D eigenvalue weighted by atomic mass is 32.1. The molecule has 2 aliphatic heterocycles. The summed E-state index contributed by atoms with van der Waals surface area (Å²) in [4.78, 5) is 86.3. The van der Waals surface area contributed by atoms with Gasteiger partial charge in [0, 0.05) is 19.5 Å². The minimum Gasteiger partial charge on any atom is -0.469 e. The second-order valence-corrected chi connectivity index (χ2v) is 14.5. The van der Waals surface area contributed by atoms with Crippen LogP contribution in [0.4, 0.5) is 0 Å². The molecule has 3 atom stereocenters. The molecule has 7 aliphatic rings. The highest BCUT2D eigenvalue weighted by molar-refractivity contribution is 7.80. The summed E-state index contributed by atoms with van der Waals surface area (Å²) in [6, 6.07) is 0. The van der Waals surface area contributed by atoms with Crippen LogP contribution in [0.5, 0.6) is 0 Å². The fraction of sp³-hybridized carbons (Fsp3) is 0.677. The Hall–Kier alpha value is -3.26. The molecule has 4 saturated carbocycles. The Labute approximate surface area is 271 Å². The Bertz CT molecular complexity index is 1420. The molecule has 242 valence electrons. The van der Waals surface area contributed by atoms with Crippen molar-refractivity contribution in [2.24, 2.45) is 45.8 Å². The van der Waals surface area contributed by atoms with Crippen LogP contribution in [0.3, 0.4) is 0 Å². The molecule has 12 nitrogen and oxygen atoms in total. The van der Waals surface area contributed by atoms with E-state index in [0.29, 0.717) is 11.8 Å². The van der Waals surface area contributed by atoms with E-state index >= 15 is 0 Å². The van der Waals surface area contributed by atoms with Crippen LogP contribution in [0.2, 0.25) is 0 Å². The molecule has 0 aromatic heterocycles. The smallest absolute Gasteiger partial charge is 0.307 e. The molecule has 0 radical (unpaired) electrons. The van der Waals surface area contributed by atoms with Crippen LogP contribution in [-0.2, 0) is 38.2 Å². The quantitative estimate of drug-likeness (QED) is 0.170. The van der Waals surface area contributed by atoms with Crippen molar-refractivity contribution in [2.45, 2.75) is 57.8 Å². The normalized spacial score (nSPS) is 38.9. The maximum absolute atomic E-state index is 14.5. The summed E-state index contributed by atoms with van der Waals surface area (Å²) in [5, 5.41) is 4.63. The zero-order valence-electron chi connectivity index (χ0n) is 25.6. The lowest BCUT2D eigenvalue weighted by atomic mass is 9.46. The number of amides is 4. The van der Waals surface area contributed by atoms with E-state index in [1.807, 2.05) is 0 Å². The van der Waals surface area contributed by atoms with Crippen molar-refractivity contribution in [3.05, 3.63) is 12.2 Å². The molecular formula is C31H38N4O8S2. The highest BCUT2D eigenvalue weighted by Crippen LogP contribution is 2.64. The first-order chi connectivity index (χ1) is 21.3. The maximum atomic E-state index is 14.5. The number of ether oxygens (including phenoxy) is 2. The number of rotatable bonds is 8. The maximum Gasteiger partial charge on any atom is 0.307 e. The molecule has 2 heterocycles. The lowest BCUT2D eigenvalue weighted by molar-refractivity contribution is -0.186. The molecule has 2 N–H and O–H groups in total. The summed E-state index contributed by atoms with van der Waals surface area (Å²) in [6.45, 7) is 0.167. The lowest BCUT2D eigenvalue weighted by Gasteiger charge is -2.57. The number of hydrogen-bond acceptors (Lipinski definition) is 10. The molecule has 0 aromatic carbocycles. The van der Waals surface area contributed by atoms with Crippen LogP contribution < -0.4 is 10.6 Å². The van der Waals surface area contributed by atoms with Gasteiger partial charge in [0.2, 0.25) is 23.6 Å². The van der Waals surface area contributed by atoms with Gasteiger partial charge in [-0.2, -0.15) is 0 Å². The van der Waals surface area contributed by atoms with Gasteiger partial charge in [0.15, 0.2) is 10.2 Å². The number of nitrogens with one attached hydrogen (secondary N) is 2. The van der Waals surface area contributed by atoms with Gasteiger partial charge in [-0.05, 0) is 99.0 Å². The van der Waals surface area contributed by atoms with E-state index in [9.17, 15) is 28.8 Å². The third kappa shape index (κ3) is 4.49. The molecule has 2 saturated heterocycles. The van der Waals surface area contributed by atoms with Gasteiger partial charge in [-0.15, -0.1) is 0 Å². The van der Waals surface area contributed by atoms with Gasteiger partial charge in [0.25, 0.3) is 0 Å². The van der Waals surface area contributed by atoms with Crippen LogP contribution in [0.15, 0.2) is 12.2 Å². The number of nitrogens with zero attached hydrogens (tertiary/aromatic N) is 2. The van der Waals surface area contributed by atoms with Crippen LogP contribution in [0, 0.1) is 45.8 Å². The fourth-order valence-electron chi connectivity index (χ4n) is 9.75. The Balaban J connectivity index is 1.43. The molecular weight excluding hydrogens is 620 g/mol. The highest BCUT2D eigenvalue weighted by Gasteiger charge is 2.77. The van der Waals surface area contributed by atoms with Crippen molar-refractivity contribution < 1.29 is 38.2 Å². The second kappa shape index (κ2) is 11.2. The number of esters is 2. The molecule has 0 aromatic rings. The monoisotopic (exact) mass is 658 g/mol. The zero-order chi connectivity index (χ0) is 32.5. The van der Waals surface area contributed by atoms with E-state index in [0.717, 1.165) is 54.4 Å². The van der Waals surface area contributed by atoms with Gasteiger partial charge >= 0.3 is 11.9 Å². The number of thiocarbonyl (C=S) groups is 2. The van der Waals surface area contributed by atoms with Crippen molar-refractivity contribution in [1.29, 1.82) is 0 Å². The first-order valence-corrected chi connectivity index (χ1v) is 16.3. The Morgan fingerprint density at radius 3 is 1.78 bits per heavy atom. The fourth-order valence-corrected chi connectivity index (χ4v) is 10.1. The molecule has 5 aliphatic carbocycles. The van der Waals surface area contributed by atoms with Crippen molar-refractivity contribution >= 4 is 70.2 Å². The van der Waals surface area contributed by atoms with Gasteiger partial charge in [0.05, 0.1) is 26.6 Å². The van der Waals surface area contributed by atoms with Gasteiger partial charge in [0.1, 0.15) is 10.8 Å². The topological polar surface area (TPSA) is 151 Å². The van der Waals surface area contributed by atoms with Crippen molar-refractivity contribution in [3.8, 4) is 0 Å². The molecule has 14 heteroatoms. The minimum absolute atomic E-state index is 0.0909. The van der Waals surface area contributed by atoms with E-state index in [1.165, 1.54) is 26.6 Å². The summed E-state index contributed by atoms with van der Waals surface area (Å²) >= 11 is 10.5. The molecule has 7 rings (SSSR count). The van der Waals surface area contributed by atoms with Crippen LogP contribution >= 0.6 is 24.4 Å². The summed E-state index contributed by atoms with van der Waals surface area (Å²) in [5.41, 5.74) is -6.79. The van der Waals surface area contributed by atoms with Crippen molar-refractivity contribution in [3.63, 3.8) is 0 Å². The third-order valence-corrected chi connectivity index (χ3v) is 12.5. The number of carbonyl (C=O) groups is 6. The Morgan fingerprint density at radius 1 is 0.844 bits per heavy atom. The Kier molecular flexibility index (Phi) is 7.90. The SMILES string of the molecule is COC(=O)CC1(C2(C3(CC(=O)OCC4C5CC6CC(C5)CC4C6)C(=O)NC(=S)N(C)C3=O)C=CCC2)C(=O)NC(=S)N(C)C1=O. The molecule has 4 bridgehead atoms. The van der Waals surface area contributed by atoms with Crippen LogP contribution in [-0.4, -0.2) is 83.4 Å². The predicted octanol–water partition coefficient (Wildman–Crippen LogP) is 1.61. The number of hydrogen-bond donors (Lipinski definition) is 2. The molecule has 45 heavy (non-hydrogen) atoms. The van der Waals surface area contributed by atoms with Gasteiger partial charge in [-0.25, -0.2) is 0 Å². The number of methoxy groups -OCH3 is 1. The standard InChI is InChI=1S/C31H38N4O8S2/c1-34-25(40)30(13-21(36)42-3,23(38)32-27(34)44)29(6-4-5-7-29)31(24(39)33-28(45)35(2)26(31)41)14-22(37)43-15-20-18-9-16-8-17(11-18)12-19(20)10-16/h4,6,16-20H,5,7-15H2,1-3H3,(H,32,38,44)(H,33,39,45). The summed E-state index contributed by atoms with van der Waals surface area (Å²) in [7, 11) is 3.79. The zero-order valence-corrected chi connectivity index (χ0v) is 27.2. The molecule has 3 unspecified atom stereocenters. The van der Waals surface area contributed by atoms with E-state index in [1.54, 1.807) is 6.08 Å². The lowest BCUT2D eigenvalue weighted by Crippen LogP contribution is -2.77. The first kappa shape index (κ1) is 31.7. The third-order valence-electron chi connectivity index (χ3n) is 11.7. The van der Waals surface area contributed by atoms with Gasteiger partial charge in [-0.3, -0.25) is 38.6 Å². The molecule has 0 spiro atoms. The largest absolute Gasteiger partial charge is 0.469 e. The summed E-state index contributed by atoms with van der Waals surface area (Å²) in [6.07, 6.45) is 7.44. The second-order valence-electron chi connectivity index (χ2n) is 13.7. The average molecular weight is 659 g/mol. The van der Waals surface area contributed by atoms with E-state index < -0.39 is 64.7 Å². The first-order valence-electron chi connectivity index (χ1n) is 15.5. The van der Waals surface area contributed by atoms with Crippen molar-refractivity contribution in [2.75, 3.05) is 27.8 Å². The summed E-state index contributed by atoms with van der Waals surface area (Å²) in [5.74, 6) is -2.81. The number of allylic oxidation sites excluding steroid dienone is 2. The van der Waals surface area contributed by atoms with E-state index in [2.05, 4.69) is 10.6 Å². The minimum atomic E-state index is -2.39. The number of carbonyl (C=O) groups excluding carboxylic acids is 6. The van der Waals surface area contributed by atoms with Crippen molar-refractivity contribution in [1.82, 2.24) is 20.4 Å². The summed E-state index contributed by atoms with van der Waals surface area (Å²) < 4.78 is 10.9. The average Bonchev–Trinajstić information content (AvgIpc) is 3.50. The van der Waals surface area contributed by atoms with Crippen LogP contribution in [0.25, 0.3) is 0 Å². The molecule has 6 fully saturated rings.